The summed E-state index contributed by atoms with van der Waals surface area (Å²) in [4.78, 5) is 2.08. The van der Waals surface area contributed by atoms with Gasteiger partial charge in [-0.25, -0.2) is 0 Å². The van der Waals surface area contributed by atoms with Crippen LogP contribution in [-0.2, 0) is 4.74 Å². The Morgan fingerprint density at radius 1 is 1.36 bits per heavy atom. The Hall–Kier alpha value is -0.160. The number of nitrogens with zero attached hydrogens (tertiary/aromatic N) is 1. The smallest absolute Gasteiger partial charge is 0.0615 e. The summed E-state index contributed by atoms with van der Waals surface area (Å²) in [5.41, 5.74) is -0.434. The molecule has 4 nitrogen and oxygen atoms in total. The molecule has 4 heteroatoms. The molecule has 2 N–H and O–H groups in total. The number of hydrogen-bond acceptors (Lipinski definition) is 4. The SMILES string of the molecule is COCC(C)N(C)CC(C)(CO)CO. The molecule has 0 aromatic carbocycles. The van der Waals surface area contributed by atoms with E-state index in [0.717, 1.165) is 0 Å². The summed E-state index contributed by atoms with van der Waals surface area (Å²) < 4.78 is 5.04. The van der Waals surface area contributed by atoms with Crippen LogP contribution >= 0.6 is 0 Å². The molecule has 0 saturated heterocycles. The van der Waals surface area contributed by atoms with Gasteiger partial charge in [-0.3, -0.25) is 0 Å². The third-order valence-corrected chi connectivity index (χ3v) is 2.55. The molecule has 0 saturated carbocycles. The van der Waals surface area contributed by atoms with Crippen molar-refractivity contribution >= 4 is 0 Å². The number of aliphatic hydroxyl groups is 2. The van der Waals surface area contributed by atoms with Gasteiger partial charge in [0.15, 0.2) is 0 Å². The van der Waals surface area contributed by atoms with Crippen molar-refractivity contribution < 1.29 is 14.9 Å². The summed E-state index contributed by atoms with van der Waals surface area (Å²) in [5.74, 6) is 0. The predicted octanol–water partition coefficient (Wildman–Crippen LogP) is -0.0560. The highest BCUT2D eigenvalue weighted by Gasteiger charge is 2.25. The van der Waals surface area contributed by atoms with E-state index in [1.165, 1.54) is 0 Å². The Bertz CT molecular complexity index is 148. The Morgan fingerprint density at radius 3 is 2.21 bits per heavy atom. The first-order valence-electron chi connectivity index (χ1n) is 4.90. The number of likely N-dealkylation sites (N-methyl/N-ethyl adjacent to an activating group) is 1. The lowest BCUT2D eigenvalue weighted by Crippen LogP contribution is -2.43. The topological polar surface area (TPSA) is 52.9 Å². The van der Waals surface area contributed by atoms with E-state index in [4.69, 9.17) is 14.9 Å². The van der Waals surface area contributed by atoms with E-state index in [1.807, 2.05) is 14.0 Å². The predicted molar refractivity (Wildman–Crippen MR) is 56.2 cm³/mol. The van der Waals surface area contributed by atoms with Crippen molar-refractivity contribution in [2.75, 3.05) is 40.5 Å². The van der Waals surface area contributed by atoms with Gasteiger partial charge < -0.3 is 19.8 Å². The van der Waals surface area contributed by atoms with Crippen molar-refractivity contribution in [1.82, 2.24) is 4.90 Å². The van der Waals surface area contributed by atoms with Crippen molar-refractivity contribution in [3.63, 3.8) is 0 Å². The maximum absolute atomic E-state index is 9.13. The van der Waals surface area contributed by atoms with Crippen molar-refractivity contribution in [1.29, 1.82) is 0 Å². The lowest BCUT2D eigenvalue weighted by atomic mass is 9.92. The van der Waals surface area contributed by atoms with E-state index in [-0.39, 0.29) is 19.3 Å². The largest absolute Gasteiger partial charge is 0.396 e. The molecule has 0 bridgehead atoms. The standard InChI is InChI=1S/C10H23NO3/c1-9(5-14-4)11(3)6-10(2,7-12)8-13/h9,12-13H,5-8H2,1-4H3. The first kappa shape index (κ1) is 13.8. The average molecular weight is 205 g/mol. The number of aliphatic hydroxyl groups excluding tert-OH is 2. The molecular formula is C10H23NO3. The second-order valence-electron chi connectivity index (χ2n) is 4.35. The van der Waals surface area contributed by atoms with Crippen LogP contribution in [0.4, 0.5) is 0 Å². The van der Waals surface area contributed by atoms with Crippen molar-refractivity contribution in [2.24, 2.45) is 5.41 Å². The molecule has 0 aliphatic heterocycles. The molecule has 0 fully saturated rings. The molecule has 0 aliphatic rings. The normalized spacial score (nSPS) is 14.8. The van der Waals surface area contributed by atoms with Gasteiger partial charge in [-0.15, -0.1) is 0 Å². The van der Waals surface area contributed by atoms with Crippen LogP contribution in [0.25, 0.3) is 0 Å². The molecule has 0 aromatic rings. The van der Waals surface area contributed by atoms with Crippen LogP contribution in [0.3, 0.4) is 0 Å². The van der Waals surface area contributed by atoms with Crippen LogP contribution in [0.15, 0.2) is 0 Å². The van der Waals surface area contributed by atoms with Gasteiger partial charge in [0, 0.05) is 25.1 Å². The van der Waals surface area contributed by atoms with E-state index >= 15 is 0 Å². The van der Waals surface area contributed by atoms with Crippen LogP contribution in [0.2, 0.25) is 0 Å². The summed E-state index contributed by atoms with van der Waals surface area (Å²) in [6.07, 6.45) is 0. The van der Waals surface area contributed by atoms with Gasteiger partial charge in [0.1, 0.15) is 0 Å². The zero-order valence-corrected chi connectivity index (χ0v) is 9.66. The lowest BCUT2D eigenvalue weighted by molar-refractivity contribution is 0.0202. The second-order valence-corrected chi connectivity index (χ2v) is 4.35. The number of methoxy groups -OCH3 is 1. The Labute approximate surface area is 86.5 Å². The quantitative estimate of drug-likeness (QED) is 0.611. The van der Waals surface area contributed by atoms with Gasteiger partial charge in [0.25, 0.3) is 0 Å². The van der Waals surface area contributed by atoms with E-state index < -0.39 is 5.41 Å². The van der Waals surface area contributed by atoms with Crippen LogP contribution in [0, 0.1) is 5.41 Å². The number of ether oxygens (including phenoxy) is 1. The van der Waals surface area contributed by atoms with Gasteiger partial charge in [-0.1, -0.05) is 6.92 Å². The van der Waals surface area contributed by atoms with Gasteiger partial charge in [0.05, 0.1) is 19.8 Å². The van der Waals surface area contributed by atoms with Crippen LogP contribution in [0.5, 0.6) is 0 Å². The van der Waals surface area contributed by atoms with Crippen LogP contribution in [-0.4, -0.2) is 61.7 Å². The van der Waals surface area contributed by atoms with Gasteiger partial charge in [-0.05, 0) is 14.0 Å². The zero-order chi connectivity index (χ0) is 11.2. The number of hydrogen-bond donors (Lipinski definition) is 2. The molecule has 0 radical (unpaired) electrons. The van der Waals surface area contributed by atoms with Crippen LogP contribution < -0.4 is 0 Å². The average Bonchev–Trinajstić information content (AvgIpc) is 2.18. The highest BCUT2D eigenvalue weighted by molar-refractivity contribution is 4.77. The maximum Gasteiger partial charge on any atom is 0.0615 e. The minimum absolute atomic E-state index is 0.00641. The van der Waals surface area contributed by atoms with Crippen molar-refractivity contribution in [3.8, 4) is 0 Å². The van der Waals surface area contributed by atoms with E-state index in [1.54, 1.807) is 7.11 Å². The first-order valence-corrected chi connectivity index (χ1v) is 4.90. The van der Waals surface area contributed by atoms with Gasteiger partial charge in [0.2, 0.25) is 0 Å². The molecular weight excluding hydrogens is 182 g/mol. The Balaban J connectivity index is 4.07. The monoisotopic (exact) mass is 205 g/mol. The van der Waals surface area contributed by atoms with Gasteiger partial charge >= 0.3 is 0 Å². The molecule has 1 unspecified atom stereocenters. The summed E-state index contributed by atoms with van der Waals surface area (Å²) in [6, 6.07) is 0.289. The summed E-state index contributed by atoms with van der Waals surface area (Å²) in [7, 11) is 3.63. The second kappa shape index (κ2) is 6.35. The highest BCUT2D eigenvalue weighted by Crippen LogP contribution is 2.16. The molecule has 14 heavy (non-hydrogen) atoms. The van der Waals surface area contributed by atoms with Crippen molar-refractivity contribution in [3.05, 3.63) is 0 Å². The first-order chi connectivity index (χ1) is 6.49. The molecule has 86 valence electrons. The highest BCUT2D eigenvalue weighted by atomic mass is 16.5. The van der Waals surface area contributed by atoms with Crippen molar-refractivity contribution in [2.45, 2.75) is 19.9 Å². The minimum Gasteiger partial charge on any atom is -0.396 e. The summed E-state index contributed by atoms with van der Waals surface area (Å²) in [6.45, 7) is 5.22. The summed E-state index contributed by atoms with van der Waals surface area (Å²) >= 11 is 0. The lowest BCUT2D eigenvalue weighted by Gasteiger charge is -2.33. The van der Waals surface area contributed by atoms with E-state index in [2.05, 4.69) is 11.8 Å². The Kier molecular flexibility index (Phi) is 6.27. The molecule has 0 rings (SSSR count). The third-order valence-electron chi connectivity index (χ3n) is 2.55. The molecule has 0 amide bonds. The molecule has 1 atom stereocenters. The van der Waals surface area contributed by atoms with E-state index in [0.29, 0.717) is 13.2 Å². The molecule has 0 spiro atoms. The third kappa shape index (κ3) is 4.37. The zero-order valence-electron chi connectivity index (χ0n) is 9.66. The van der Waals surface area contributed by atoms with E-state index in [9.17, 15) is 0 Å². The fourth-order valence-corrected chi connectivity index (χ4v) is 1.28. The van der Waals surface area contributed by atoms with Gasteiger partial charge in [-0.2, -0.15) is 0 Å². The maximum atomic E-state index is 9.13. The Morgan fingerprint density at radius 2 is 1.86 bits per heavy atom. The fourth-order valence-electron chi connectivity index (χ4n) is 1.28. The molecule has 0 heterocycles. The molecule has 0 aliphatic carbocycles. The molecule has 0 aromatic heterocycles. The minimum atomic E-state index is -0.434. The number of rotatable bonds is 7. The fraction of sp³-hybridized carbons (Fsp3) is 1.00. The van der Waals surface area contributed by atoms with Crippen LogP contribution in [0.1, 0.15) is 13.8 Å². The summed E-state index contributed by atoms with van der Waals surface area (Å²) in [5, 5.41) is 18.3.